The lowest BCUT2D eigenvalue weighted by Crippen LogP contribution is -2.40. The fourth-order valence-electron chi connectivity index (χ4n) is 3.52. The van der Waals surface area contributed by atoms with E-state index in [2.05, 4.69) is 15.5 Å². The molecule has 7 heteroatoms. The van der Waals surface area contributed by atoms with Gasteiger partial charge in [0.05, 0.1) is 6.20 Å². The minimum Gasteiger partial charge on any atom is -0.483 e. The highest BCUT2D eigenvalue weighted by molar-refractivity contribution is 5.95. The number of carbonyl (C=O) groups is 1. The number of amides is 1. The molecule has 1 aromatic carbocycles. The maximum Gasteiger partial charge on any atom is 0.272 e. The van der Waals surface area contributed by atoms with Gasteiger partial charge in [-0.3, -0.25) is 14.7 Å². The summed E-state index contributed by atoms with van der Waals surface area (Å²) >= 11 is 0. The summed E-state index contributed by atoms with van der Waals surface area (Å²) in [6.07, 6.45) is 5.81. The van der Waals surface area contributed by atoms with E-state index in [9.17, 15) is 9.59 Å². The number of carbonyl (C=O) groups excluding carboxylic acids is 1. The van der Waals surface area contributed by atoms with Crippen LogP contribution in [0.1, 0.15) is 33.7 Å². The second kappa shape index (κ2) is 7.72. The van der Waals surface area contributed by atoms with E-state index in [-0.39, 0.29) is 35.4 Å². The van der Waals surface area contributed by atoms with E-state index in [0.29, 0.717) is 6.42 Å². The molecular formula is C21H22N4O3. The lowest BCUT2D eigenvalue weighted by Gasteiger charge is -2.24. The second-order valence-electron chi connectivity index (χ2n) is 7.03. The van der Waals surface area contributed by atoms with Crippen molar-refractivity contribution in [1.29, 1.82) is 0 Å². The van der Waals surface area contributed by atoms with Crippen LogP contribution in [0.4, 0.5) is 0 Å². The van der Waals surface area contributed by atoms with Crippen LogP contribution < -0.4 is 15.5 Å². The molecule has 2 aromatic heterocycles. The molecular weight excluding hydrogens is 356 g/mol. The molecule has 28 heavy (non-hydrogen) atoms. The average molecular weight is 378 g/mol. The molecule has 0 saturated carbocycles. The van der Waals surface area contributed by atoms with Gasteiger partial charge in [0, 0.05) is 37.5 Å². The summed E-state index contributed by atoms with van der Waals surface area (Å²) in [6.45, 7) is 0.224. The maximum atomic E-state index is 13.0. The molecule has 0 spiro atoms. The Kier molecular flexibility index (Phi) is 4.97. The van der Waals surface area contributed by atoms with Gasteiger partial charge in [0.25, 0.3) is 5.91 Å². The fraction of sp³-hybridized carbons (Fsp3) is 0.286. The summed E-state index contributed by atoms with van der Waals surface area (Å²) < 4.78 is 7.41. The average Bonchev–Trinajstić information content (AvgIpc) is 3.17. The molecule has 1 amide bonds. The smallest absolute Gasteiger partial charge is 0.272 e. The highest BCUT2D eigenvalue weighted by atomic mass is 16.5. The van der Waals surface area contributed by atoms with Crippen molar-refractivity contribution in [2.45, 2.75) is 31.9 Å². The first-order valence-electron chi connectivity index (χ1n) is 9.30. The van der Waals surface area contributed by atoms with E-state index in [1.165, 1.54) is 11.6 Å². The molecule has 2 heterocycles. The predicted molar refractivity (Wildman–Crippen MR) is 104 cm³/mol. The van der Waals surface area contributed by atoms with Crippen molar-refractivity contribution in [2.24, 2.45) is 7.05 Å². The Bertz CT molecular complexity index is 1040. The Hall–Kier alpha value is -3.35. The number of nitrogens with zero attached hydrogens (tertiary/aromatic N) is 2. The number of aromatic amines is 1. The van der Waals surface area contributed by atoms with Gasteiger partial charge < -0.3 is 14.6 Å². The summed E-state index contributed by atoms with van der Waals surface area (Å²) in [5.74, 6) is -0.236. The minimum atomic E-state index is -0.309. The van der Waals surface area contributed by atoms with Crippen LogP contribution in [0.3, 0.4) is 0 Å². The maximum absolute atomic E-state index is 13.0. The summed E-state index contributed by atoms with van der Waals surface area (Å²) in [6, 6.07) is 10.9. The van der Waals surface area contributed by atoms with Crippen LogP contribution in [0.5, 0.6) is 5.75 Å². The summed E-state index contributed by atoms with van der Waals surface area (Å²) in [4.78, 5) is 25.4. The van der Waals surface area contributed by atoms with E-state index in [1.54, 1.807) is 17.8 Å². The second-order valence-corrected chi connectivity index (χ2v) is 7.03. The predicted octanol–water partition coefficient (Wildman–Crippen LogP) is 1.97. The Morgan fingerprint density at radius 3 is 2.96 bits per heavy atom. The van der Waals surface area contributed by atoms with Crippen molar-refractivity contribution in [1.82, 2.24) is 20.1 Å². The Balaban J connectivity index is 1.54. The highest BCUT2D eigenvalue weighted by Gasteiger charge is 2.25. The molecule has 1 unspecified atom stereocenters. The van der Waals surface area contributed by atoms with E-state index in [1.807, 2.05) is 36.5 Å². The van der Waals surface area contributed by atoms with Gasteiger partial charge in [0.15, 0.2) is 11.4 Å². The lowest BCUT2D eigenvalue weighted by molar-refractivity contribution is 0.0918. The quantitative estimate of drug-likeness (QED) is 0.710. The number of ether oxygens (including phenoxy) is 1. The summed E-state index contributed by atoms with van der Waals surface area (Å²) in [5.41, 5.74) is 3.11. The van der Waals surface area contributed by atoms with Crippen molar-refractivity contribution in [2.75, 3.05) is 0 Å². The number of nitrogens with one attached hydrogen (secondary N) is 2. The molecule has 3 aromatic rings. The first kappa shape index (κ1) is 18.0. The summed E-state index contributed by atoms with van der Waals surface area (Å²) in [7, 11) is 1.73. The highest BCUT2D eigenvalue weighted by Crippen LogP contribution is 2.20. The van der Waals surface area contributed by atoms with Gasteiger partial charge in [0.2, 0.25) is 5.43 Å². The van der Waals surface area contributed by atoms with Crippen LogP contribution >= 0.6 is 0 Å². The molecule has 144 valence electrons. The molecule has 4 rings (SSSR count). The number of hydrogen-bond acceptors (Lipinski definition) is 4. The third-order valence-electron chi connectivity index (χ3n) is 5.04. The third kappa shape index (κ3) is 3.69. The number of H-pyrrole nitrogens is 1. The van der Waals surface area contributed by atoms with Crippen molar-refractivity contribution < 1.29 is 9.53 Å². The van der Waals surface area contributed by atoms with Gasteiger partial charge in [-0.2, -0.15) is 5.10 Å². The van der Waals surface area contributed by atoms with Crippen LogP contribution in [0, 0.1) is 0 Å². The Morgan fingerprint density at radius 1 is 1.32 bits per heavy atom. The molecule has 0 saturated heterocycles. The zero-order chi connectivity index (χ0) is 19.5. The molecule has 0 radical (unpaired) electrons. The van der Waals surface area contributed by atoms with Crippen molar-refractivity contribution in [3.05, 3.63) is 81.5 Å². The number of hydrogen-bond donors (Lipinski definition) is 2. The number of fused-ring (bicyclic) bond motifs is 1. The van der Waals surface area contributed by atoms with E-state index in [4.69, 9.17) is 4.74 Å². The standard InChI is InChI=1S/C21H22N4O3/c1-25-10-9-18(26)20(28-13-14-5-3-2-4-6-14)19(25)21(27)23-16-8-7-15-12-22-24-17(15)11-16/h2-6,9-10,12,16H,7-8,11,13H2,1H3,(H,22,24)(H,23,27). The number of pyridine rings is 1. The molecule has 1 aliphatic carbocycles. The Labute approximate surface area is 162 Å². The molecule has 7 nitrogen and oxygen atoms in total. The van der Waals surface area contributed by atoms with Crippen LogP contribution in [0.25, 0.3) is 0 Å². The molecule has 0 aliphatic heterocycles. The van der Waals surface area contributed by atoms with Crippen LogP contribution in [0.2, 0.25) is 0 Å². The number of rotatable bonds is 5. The monoisotopic (exact) mass is 378 g/mol. The van der Waals surface area contributed by atoms with E-state index >= 15 is 0 Å². The van der Waals surface area contributed by atoms with Gasteiger partial charge in [-0.05, 0) is 24.0 Å². The van der Waals surface area contributed by atoms with Crippen LogP contribution in [-0.2, 0) is 26.5 Å². The SMILES string of the molecule is Cn1ccc(=O)c(OCc2ccccc2)c1C(=O)NC1CCc2cn[nH]c2C1. The van der Waals surface area contributed by atoms with Crippen molar-refractivity contribution >= 4 is 5.91 Å². The van der Waals surface area contributed by atoms with Gasteiger partial charge in [-0.15, -0.1) is 0 Å². The molecule has 2 N–H and O–H groups in total. The van der Waals surface area contributed by atoms with E-state index in [0.717, 1.165) is 24.1 Å². The van der Waals surface area contributed by atoms with Gasteiger partial charge in [-0.25, -0.2) is 0 Å². The first-order valence-corrected chi connectivity index (χ1v) is 9.30. The van der Waals surface area contributed by atoms with E-state index < -0.39 is 0 Å². The molecule has 1 aliphatic rings. The topological polar surface area (TPSA) is 89.0 Å². The first-order chi connectivity index (χ1) is 13.6. The minimum absolute atomic E-state index is 0.0160. The van der Waals surface area contributed by atoms with Crippen molar-refractivity contribution in [3.63, 3.8) is 0 Å². The van der Waals surface area contributed by atoms with Gasteiger partial charge >= 0.3 is 0 Å². The molecule has 1 atom stereocenters. The van der Waals surface area contributed by atoms with Crippen LogP contribution in [0.15, 0.2) is 53.6 Å². The fourth-order valence-corrected chi connectivity index (χ4v) is 3.52. The zero-order valence-corrected chi connectivity index (χ0v) is 15.6. The van der Waals surface area contributed by atoms with Crippen molar-refractivity contribution in [3.8, 4) is 5.75 Å². The molecule has 0 fully saturated rings. The number of aryl methyl sites for hydroxylation is 2. The van der Waals surface area contributed by atoms with Crippen LogP contribution in [-0.4, -0.2) is 26.7 Å². The number of aromatic nitrogens is 3. The zero-order valence-electron chi connectivity index (χ0n) is 15.6. The Morgan fingerprint density at radius 2 is 2.14 bits per heavy atom. The third-order valence-corrected chi connectivity index (χ3v) is 5.04. The summed E-state index contributed by atoms with van der Waals surface area (Å²) in [5, 5.41) is 10.1. The largest absolute Gasteiger partial charge is 0.483 e. The van der Waals surface area contributed by atoms with Gasteiger partial charge in [-0.1, -0.05) is 30.3 Å². The van der Waals surface area contributed by atoms with Gasteiger partial charge in [0.1, 0.15) is 6.61 Å². The molecule has 0 bridgehead atoms. The lowest BCUT2D eigenvalue weighted by atomic mass is 9.93. The normalized spacial score (nSPS) is 15.7. The number of benzene rings is 1.